The lowest BCUT2D eigenvalue weighted by molar-refractivity contribution is 0.199. The standard InChI is InChI=1S/C16H25FN2O/c1-4-19-9-5-6-14(19)11-18(3)16-8-7-13(12(2)20)10-15(16)17/h7-8,10,12,14,20H,4-6,9,11H2,1-3H3/t12-,14?/m1/s1. The molecule has 2 atom stereocenters. The summed E-state index contributed by atoms with van der Waals surface area (Å²) in [5.41, 5.74) is 1.23. The lowest BCUT2D eigenvalue weighted by Gasteiger charge is -2.29. The molecule has 1 N–H and O–H groups in total. The van der Waals surface area contributed by atoms with Gasteiger partial charge in [-0.1, -0.05) is 13.0 Å². The van der Waals surface area contributed by atoms with Crippen LogP contribution in [-0.4, -0.2) is 42.7 Å². The van der Waals surface area contributed by atoms with Gasteiger partial charge in [0.25, 0.3) is 0 Å². The van der Waals surface area contributed by atoms with Gasteiger partial charge in [0.15, 0.2) is 0 Å². The Hall–Kier alpha value is -1.13. The molecule has 0 aromatic heterocycles. The van der Waals surface area contributed by atoms with E-state index in [1.165, 1.54) is 18.9 Å². The molecule has 1 aliphatic rings. The Morgan fingerprint density at radius 1 is 1.50 bits per heavy atom. The maximum atomic E-state index is 14.1. The van der Waals surface area contributed by atoms with Crippen molar-refractivity contribution in [3.8, 4) is 0 Å². The van der Waals surface area contributed by atoms with Gasteiger partial charge in [0, 0.05) is 19.6 Å². The zero-order chi connectivity index (χ0) is 14.7. The summed E-state index contributed by atoms with van der Waals surface area (Å²) in [6.07, 6.45) is 1.79. The van der Waals surface area contributed by atoms with Crippen LogP contribution >= 0.6 is 0 Å². The predicted molar refractivity (Wildman–Crippen MR) is 80.6 cm³/mol. The van der Waals surface area contributed by atoms with Gasteiger partial charge in [0.2, 0.25) is 0 Å². The fourth-order valence-electron chi connectivity index (χ4n) is 3.03. The van der Waals surface area contributed by atoms with E-state index in [-0.39, 0.29) is 5.82 Å². The molecule has 4 heteroatoms. The number of nitrogens with zero attached hydrogens (tertiary/aromatic N) is 2. The molecule has 1 unspecified atom stereocenters. The fraction of sp³-hybridized carbons (Fsp3) is 0.625. The van der Waals surface area contributed by atoms with E-state index in [2.05, 4.69) is 11.8 Å². The summed E-state index contributed by atoms with van der Waals surface area (Å²) in [7, 11) is 1.94. The topological polar surface area (TPSA) is 26.7 Å². The van der Waals surface area contributed by atoms with Crippen LogP contribution in [0.3, 0.4) is 0 Å². The van der Waals surface area contributed by atoms with Gasteiger partial charge >= 0.3 is 0 Å². The van der Waals surface area contributed by atoms with Crippen molar-refractivity contribution in [2.24, 2.45) is 0 Å². The van der Waals surface area contributed by atoms with Crippen LogP contribution in [0.1, 0.15) is 38.4 Å². The van der Waals surface area contributed by atoms with Gasteiger partial charge < -0.3 is 10.0 Å². The maximum absolute atomic E-state index is 14.1. The third-order valence-electron chi connectivity index (χ3n) is 4.26. The average molecular weight is 280 g/mol. The normalized spacial score (nSPS) is 21.1. The third-order valence-corrected chi connectivity index (χ3v) is 4.26. The number of benzene rings is 1. The lowest BCUT2D eigenvalue weighted by atomic mass is 10.1. The Balaban J connectivity index is 2.07. The average Bonchev–Trinajstić information content (AvgIpc) is 2.85. The van der Waals surface area contributed by atoms with E-state index in [9.17, 15) is 9.50 Å². The molecule has 112 valence electrons. The molecule has 1 aliphatic heterocycles. The van der Waals surface area contributed by atoms with E-state index in [4.69, 9.17) is 0 Å². The maximum Gasteiger partial charge on any atom is 0.146 e. The van der Waals surface area contributed by atoms with Crippen molar-refractivity contribution in [2.45, 2.75) is 38.8 Å². The molecule has 1 aromatic carbocycles. The number of rotatable bonds is 5. The second kappa shape index (κ2) is 6.55. The number of anilines is 1. The van der Waals surface area contributed by atoms with Gasteiger partial charge in [-0.05, 0) is 50.6 Å². The molecule has 3 nitrogen and oxygen atoms in total. The molecule has 1 saturated heterocycles. The first kappa shape index (κ1) is 15.3. The van der Waals surface area contributed by atoms with Gasteiger partial charge in [-0.3, -0.25) is 4.90 Å². The molecule has 1 aromatic rings. The van der Waals surface area contributed by atoms with E-state index in [1.807, 2.05) is 11.9 Å². The Morgan fingerprint density at radius 2 is 2.25 bits per heavy atom. The minimum Gasteiger partial charge on any atom is -0.389 e. The van der Waals surface area contributed by atoms with Gasteiger partial charge in [-0.25, -0.2) is 4.39 Å². The van der Waals surface area contributed by atoms with Crippen LogP contribution in [0.15, 0.2) is 18.2 Å². The summed E-state index contributed by atoms with van der Waals surface area (Å²) < 4.78 is 14.1. The van der Waals surface area contributed by atoms with Gasteiger partial charge in [0.05, 0.1) is 11.8 Å². The van der Waals surface area contributed by atoms with Crippen LogP contribution in [0.5, 0.6) is 0 Å². The highest BCUT2D eigenvalue weighted by Crippen LogP contribution is 2.25. The second-order valence-electron chi connectivity index (χ2n) is 5.69. The van der Waals surface area contributed by atoms with Crippen LogP contribution < -0.4 is 4.90 Å². The number of likely N-dealkylation sites (tertiary alicyclic amines) is 1. The number of aliphatic hydroxyl groups excluding tert-OH is 1. The van der Waals surface area contributed by atoms with Crippen LogP contribution in [0.2, 0.25) is 0 Å². The van der Waals surface area contributed by atoms with E-state index in [1.54, 1.807) is 19.1 Å². The molecular weight excluding hydrogens is 255 g/mol. The molecule has 1 heterocycles. The quantitative estimate of drug-likeness (QED) is 0.898. The van der Waals surface area contributed by atoms with Crippen LogP contribution in [0.25, 0.3) is 0 Å². The number of hydrogen-bond acceptors (Lipinski definition) is 3. The van der Waals surface area contributed by atoms with Gasteiger partial charge in [0.1, 0.15) is 5.82 Å². The third kappa shape index (κ3) is 3.30. The van der Waals surface area contributed by atoms with E-state index in [0.29, 0.717) is 17.3 Å². The summed E-state index contributed by atoms with van der Waals surface area (Å²) in [6, 6.07) is 5.51. The molecule has 0 amide bonds. The molecule has 2 rings (SSSR count). The van der Waals surface area contributed by atoms with Gasteiger partial charge in [-0.15, -0.1) is 0 Å². The molecule has 0 saturated carbocycles. The van der Waals surface area contributed by atoms with Crippen molar-refractivity contribution in [3.05, 3.63) is 29.6 Å². The minimum absolute atomic E-state index is 0.257. The van der Waals surface area contributed by atoms with E-state index < -0.39 is 6.10 Å². The van der Waals surface area contributed by atoms with Crippen molar-refractivity contribution in [2.75, 3.05) is 31.6 Å². The fourth-order valence-corrected chi connectivity index (χ4v) is 3.03. The predicted octanol–water partition coefficient (Wildman–Crippen LogP) is 2.80. The van der Waals surface area contributed by atoms with E-state index >= 15 is 0 Å². The number of hydrogen-bond donors (Lipinski definition) is 1. The Labute approximate surface area is 121 Å². The molecule has 20 heavy (non-hydrogen) atoms. The Kier molecular flexibility index (Phi) is 5.00. The number of likely N-dealkylation sites (N-methyl/N-ethyl adjacent to an activating group) is 2. The number of aliphatic hydroxyl groups is 1. The first-order chi connectivity index (χ1) is 9.52. The van der Waals surface area contributed by atoms with Crippen molar-refractivity contribution in [3.63, 3.8) is 0 Å². The molecule has 0 aliphatic carbocycles. The highest BCUT2D eigenvalue weighted by Gasteiger charge is 2.24. The zero-order valence-electron chi connectivity index (χ0n) is 12.6. The zero-order valence-corrected chi connectivity index (χ0v) is 12.6. The van der Waals surface area contributed by atoms with Crippen molar-refractivity contribution >= 4 is 5.69 Å². The van der Waals surface area contributed by atoms with Crippen molar-refractivity contribution in [1.29, 1.82) is 0 Å². The summed E-state index contributed by atoms with van der Waals surface area (Å²) in [5.74, 6) is -0.257. The largest absolute Gasteiger partial charge is 0.389 e. The summed E-state index contributed by atoms with van der Waals surface area (Å²) in [4.78, 5) is 4.44. The first-order valence-corrected chi connectivity index (χ1v) is 7.45. The molecule has 1 fully saturated rings. The lowest BCUT2D eigenvalue weighted by Crippen LogP contribution is -2.39. The molecule has 0 spiro atoms. The van der Waals surface area contributed by atoms with Crippen LogP contribution in [-0.2, 0) is 0 Å². The monoisotopic (exact) mass is 280 g/mol. The van der Waals surface area contributed by atoms with E-state index in [0.717, 1.165) is 19.6 Å². The SMILES string of the molecule is CCN1CCCC1CN(C)c1ccc([C@@H](C)O)cc1F. The highest BCUT2D eigenvalue weighted by molar-refractivity contribution is 5.49. The summed E-state index contributed by atoms with van der Waals surface area (Å²) in [5, 5.41) is 9.49. The highest BCUT2D eigenvalue weighted by atomic mass is 19.1. The Bertz CT molecular complexity index is 450. The molecule has 0 bridgehead atoms. The summed E-state index contributed by atoms with van der Waals surface area (Å²) in [6.45, 7) is 6.88. The van der Waals surface area contributed by atoms with Crippen LogP contribution in [0, 0.1) is 5.82 Å². The van der Waals surface area contributed by atoms with Crippen molar-refractivity contribution in [1.82, 2.24) is 4.90 Å². The first-order valence-electron chi connectivity index (χ1n) is 7.45. The Morgan fingerprint density at radius 3 is 2.85 bits per heavy atom. The second-order valence-corrected chi connectivity index (χ2v) is 5.69. The smallest absolute Gasteiger partial charge is 0.146 e. The van der Waals surface area contributed by atoms with Gasteiger partial charge in [-0.2, -0.15) is 0 Å². The molecular formula is C16H25FN2O. The van der Waals surface area contributed by atoms with Crippen molar-refractivity contribution < 1.29 is 9.50 Å². The molecule has 0 radical (unpaired) electrons. The summed E-state index contributed by atoms with van der Waals surface area (Å²) >= 11 is 0. The van der Waals surface area contributed by atoms with Crippen LogP contribution in [0.4, 0.5) is 10.1 Å². The minimum atomic E-state index is -0.630. The number of halogens is 1.